The van der Waals surface area contributed by atoms with Gasteiger partial charge in [0.2, 0.25) is 0 Å². The molecule has 1 saturated heterocycles. The molecule has 0 radical (unpaired) electrons. The minimum absolute atomic E-state index is 0.0153. The van der Waals surface area contributed by atoms with E-state index in [-0.39, 0.29) is 6.03 Å². The molecule has 5 heteroatoms. The second-order valence-electron chi connectivity index (χ2n) is 6.08. The number of hydrogen-bond acceptors (Lipinski definition) is 2. The number of likely N-dealkylation sites (tertiary alicyclic amines) is 1. The summed E-state index contributed by atoms with van der Waals surface area (Å²) in [5.41, 5.74) is 2.00. The van der Waals surface area contributed by atoms with Crippen LogP contribution in [0.5, 0.6) is 0 Å². The van der Waals surface area contributed by atoms with Gasteiger partial charge in [-0.25, -0.2) is 4.79 Å². The van der Waals surface area contributed by atoms with Crippen LogP contribution in [-0.2, 0) is 11.3 Å². The Hall–Kier alpha value is -2.01. The van der Waals surface area contributed by atoms with Gasteiger partial charge in [-0.2, -0.15) is 0 Å². The summed E-state index contributed by atoms with van der Waals surface area (Å²) >= 11 is 0. The molecule has 0 aliphatic carbocycles. The van der Waals surface area contributed by atoms with Crippen molar-refractivity contribution in [2.45, 2.75) is 32.2 Å². The fourth-order valence-electron chi connectivity index (χ4n) is 3.19. The Kier molecular flexibility index (Phi) is 5.18. The second kappa shape index (κ2) is 7.51. The molecule has 2 heterocycles. The minimum atomic E-state index is 0.0153. The van der Waals surface area contributed by atoms with Crippen molar-refractivity contribution in [1.29, 1.82) is 0 Å². The predicted octanol–water partition coefficient (Wildman–Crippen LogP) is 3.70. The lowest BCUT2D eigenvalue weighted by atomic mass is 10.2. The van der Waals surface area contributed by atoms with Gasteiger partial charge in [-0.1, -0.05) is 31.0 Å². The normalized spacial score (nSPS) is 15.6. The third-order valence-corrected chi connectivity index (χ3v) is 4.46. The molecule has 2 amide bonds. The quantitative estimate of drug-likeness (QED) is 0.935. The van der Waals surface area contributed by atoms with E-state index in [1.165, 1.54) is 12.8 Å². The van der Waals surface area contributed by atoms with E-state index in [9.17, 15) is 4.79 Å². The number of carbonyl (C=O) groups excluding carboxylic acids is 1. The van der Waals surface area contributed by atoms with Gasteiger partial charge in [0.15, 0.2) is 0 Å². The molecule has 0 bridgehead atoms. The molecule has 0 unspecified atom stereocenters. The largest absolute Gasteiger partial charge is 0.383 e. The molecular weight excluding hydrogens is 290 g/mol. The van der Waals surface area contributed by atoms with Crippen LogP contribution < -0.4 is 5.32 Å². The number of fused-ring (bicyclic) bond motifs is 1. The Morgan fingerprint density at radius 3 is 2.65 bits per heavy atom. The van der Waals surface area contributed by atoms with Gasteiger partial charge < -0.3 is 19.5 Å². The summed E-state index contributed by atoms with van der Waals surface area (Å²) in [7, 11) is 1.70. The van der Waals surface area contributed by atoms with E-state index in [0.29, 0.717) is 6.61 Å². The third kappa shape index (κ3) is 3.67. The summed E-state index contributed by atoms with van der Waals surface area (Å²) < 4.78 is 7.31. The number of aromatic nitrogens is 1. The maximum absolute atomic E-state index is 12.6. The van der Waals surface area contributed by atoms with Gasteiger partial charge in [0.25, 0.3) is 0 Å². The average Bonchev–Trinajstić information content (AvgIpc) is 2.76. The molecule has 2 aromatic rings. The number of anilines is 1. The molecule has 1 aromatic heterocycles. The number of hydrogen-bond donors (Lipinski definition) is 1. The number of methoxy groups -OCH3 is 1. The first-order valence-electron chi connectivity index (χ1n) is 8.42. The lowest BCUT2D eigenvalue weighted by molar-refractivity contribution is 0.188. The number of nitrogens with one attached hydrogen (secondary N) is 1. The van der Waals surface area contributed by atoms with Gasteiger partial charge in [0, 0.05) is 38.3 Å². The Morgan fingerprint density at radius 2 is 1.91 bits per heavy atom. The second-order valence-corrected chi connectivity index (χ2v) is 6.08. The highest BCUT2D eigenvalue weighted by molar-refractivity contribution is 6.01. The lowest BCUT2D eigenvalue weighted by Gasteiger charge is -2.20. The molecule has 23 heavy (non-hydrogen) atoms. The maximum atomic E-state index is 12.6. The number of ether oxygens (including phenoxy) is 1. The standard InChI is InChI=1S/C18H25N3O2/c1-23-13-12-21-14-16(15-8-4-5-9-17(15)21)19-18(22)20-10-6-2-3-7-11-20/h4-5,8-9,14H,2-3,6-7,10-13H2,1H3,(H,19,22). The monoisotopic (exact) mass is 315 g/mol. The van der Waals surface area contributed by atoms with Crippen LogP contribution in [0.4, 0.5) is 10.5 Å². The summed E-state index contributed by atoms with van der Waals surface area (Å²) in [5.74, 6) is 0. The van der Waals surface area contributed by atoms with E-state index in [4.69, 9.17) is 4.74 Å². The highest BCUT2D eigenvalue weighted by Gasteiger charge is 2.17. The molecule has 124 valence electrons. The van der Waals surface area contributed by atoms with Crippen molar-refractivity contribution in [2.75, 3.05) is 32.1 Å². The van der Waals surface area contributed by atoms with Gasteiger partial charge in [0.1, 0.15) is 0 Å². The van der Waals surface area contributed by atoms with E-state index in [1.54, 1.807) is 7.11 Å². The van der Waals surface area contributed by atoms with Crippen molar-refractivity contribution in [3.05, 3.63) is 30.5 Å². The van der Waals surface area contributed by atoms with Crippen molar-refractivity contribution >= 4 is 22.6 Å². The van der Waals surface area contributed by atoms with Crippen molar-refractivity contribution in [1.82, 2.24) is 9.47 Å². The summed E-state index contributed by atoms with van der Waals surface area (Å²) in [6.45, 7) is 3.14. The number of nitrogens with zero attached hydrogens (tertiary/aromatic N) is 2. The van der Waals surface area contributed by atoms with Crippen molar-refractivity contribution in [3.63, 3.8) is 0 Å². The molecule has 1 N–H and O–H groups in total. The number of amides is 2. The van der Waals surface area contributed by atoms with Gasteiger partial charge in [0.05, 0.1) is 17.8 Å². The average molecular weight is 315 g/mol. The number of urea groups is 1. The minimum Gasteiger partial charge on any atom is -0.383 e. The first-order valence-corrected chi connectivity index (χ1v) is 8.42. The number of rotatable bonds is 4. The van der Waals surface area contributed by atoms with Crippen LogP contribution in [0.1, 0.15) is 25.7 Å². The fraction of sp³-hybridized carbons (Fsp3) is 0.500. The van der Waals surface area contributed by atoms with Crippen molar-refractivity contribution in [3.8, 4) is 0 Å². The third-order valence-electron chi connectivity index (χ3n) is 4.46. The molecule has 1 aliphatic rings. The molecule has 3 rings (SSSR count). The zero-order chi connectivity index (χ0) is 16.1. The van der Waals surface area contributed by atoms with Crippen molar-refractivity contribution < 1.29 is 9.53 Å². The summed E-state index contributed by atoms with van der Waals surface area (Å²) in [6, 6.07) is 8.17. The summed E-state index contributed by atoms with van der Waals surface area (Å²) in [6.07, 6.45) is 6.66. The molecule has 1 aliphatic heterocycles. The van der Waals surface area contributed by atoms with Crippen LogP contribution in [0.15, 0.2) is 30.5 Å². The van der Waals surface area contributed by atoms with Crippen LogP contribution in [0.25, 0.3) is 10.9 Å². The smallest absolute Gasteiger partial charge is 0.321 e. The van der Waals surface area contributed by atoms with Crippen LogP contribution in [0.3, 0.4) is 0 Å². The van der Waals surface area contributed by atoms with E-state index < -0.39 is 0 Å². The van der Waals surface area contributed by atoms with E-state index in [2.05, 4.69) is 22.0 Å². The lowest BCUT2D eigenvalue weighted by Crippen LogP contribution is -2.35. The fourth-order valence-corrected chi connectivity index (χ4v) is 3.19. The van der Waals surface area contributed by atoms with Crippen LogP contribution in [-0.4, -0.2) is 42.3 Å². The van der Waals surface area contributed by atoms with Gasteiger partial charge in [-0.05, 0) is 18.9 Å². The first kappa shape index (κ1) is 15.9. The number of para-hydroxylation sites is 1. The van der Waals surface area contributed by atoms with Gasteiger partial charge >= 0.3 is 6.03 Å². The zero-order valence-electron chi connectivity index (χ0n) is 13.8. The highest BCUT2D eigenvalue weighted by atomic mass is 16.5. The first-order chi connectivity index (χ1) is 11.3. The zero-order valence-corrected chi connectivity index (χ0v) is 13.8. The molecule has 0 spiro atoms. The molecule has 5 nitrogen and oxygen atoms in total. The number of carbonyl (C=O) groups is 1. The van der Waals surface area contributed by atoms with E-state index in [1.807, 2.05) is 23.2 Å². The Bertz CT molecular complexity index is 657. The Morgan fingerprint density at radius 1 is 1.17 bits per heavy atom. The molecule has 0 atom stereocenters. The van der Waals surface area contributed by atoms with Crippen LogP contribution in [0.2, 0.25) is 0 Å². The molecule has 1 aromatic carbocycles. The summed E-state index contributed by atoms with van der Waals surface area (Å²) in [5, 5.41) is 4.18. The van der Waals surface area contributed by atoms with E-state index in [0.717, 1.165) is 49.1 Å². The predicted molar refractivity (Wildman–Crippen MR) is 92.9 cm³/mol. The Balaban J connectivity index is 1.80. The van der Waals surface area contributed by atoms with Crippen molar-refractivity contribution in [2.24, 2.45) is 0 Å². The molecule has 0 saturated carbocycles. The van der Waals surface area contributed by atoms with Gasteiger partial charge in [-0.3, -0.25) is 0 Å². The maximum Gasteiger partial charge on any atom is 0.321 e. The van der Waals surface area contributed by atoms with Gasteiger partial charge in [-0.15, -0.1) is 0 Å². The summed E-state index contributed by atoms with van der Waals surface area (Å²) in [4.78, 5) is 14.5. The highest BCUT2D eigenvalue weighted by Crippen LogP contribution is 2.26. The Labute approximate surface area is 137 Å². The van der Waals surface area contributed by atoms with Crippen LogP contribution >= 0.6 is 0 Å². The molecular formula is C18H25N3O2. The number of benzene rings is 1. The molecule has 1 fully saturated rings. The van der Waals surface area contributed by atoms with E-state index >= 15 is 0 Å². The topological polar surface area (TPSA) is 46.5 Å². The SMILES string of the molecule is COCCn1cc(NC(=O)N2CCCCCC2)c2ccccc21. The van der Waals surface area contributed by atoms with Crippen LogP contribution in [0, 0.1) is 0 Å².